The van der Waals surface area contributed by atoms with Gasteiger partial charge in [0.25, 0.3) is 0 Å². The summed E-state index contributed by atoms with van der Waals surface area (Å²) < 4.78 is 0.864. The van der Waals surface area contributed by atoms with Crippen LogP contribution in [0.4, 0.5) is 5.13 Å². The number of hydrogen-bond donors (Lipinski definition) is 3. The molecule has 1 spiro atoms. The second-order valence-electron chi connectivity index (χ2n) is 8.77. The highest BCUT2D eigenvalue weighted by Crippen LogP contribution is 2.72. The Labute approximate surface area is 171 Å². The summed E-state index contributed by atoms with van der Waals surface area (Å²) in [5.41, 5.74) is 5.75. The van der Waals surface area contributed by atoms with Crippen LogP contribution in [0.3, 0.4) is 0 Å². The summed E-state index contributed by atoms with van der Waals surface area (Å²) in [4.78, 5) is 30.4. The number of halogens is 1. The van der Waals surface area contributed by atoms with Gasteiger partial charge in [0.1, 0.15) is 0 Å². The summed E-state index contributed by atoms with van der Waals surface area (Å²) in [6, 6.07) is 0. The van der Waals surface area contributed by atoms with Crippen LogP contribution in [0.15, 0.2) is 22.1 Å². The van der Waals surface area contributed by atoms with Crippen molar-refractivity contribution in [2.45, 2.75) is 26.7 Å². The second-order valence-corrected chi connectivity index (χ2v) is 11.2. The maximum absolute atomic E-state index is 13.1. The van der Waals surface area contributed by atoms with E-state index in [4.69, 9.17) is 5.73 Å². The normalized spacial score (nSPS) is 29.9. The zero-order valence-electron chi connectivity index (χ0n) is 15.5. The topological polar surface area (TPSA) is 97.1 Å². The third-order valence-corrected chi connectivity index (χ3v) is 7.84. The standard InChI is InChI=1S/C19H25BrN4O2S/c1-18(2,8-21)9-23-15(25)13-10-3-4-11(19(10)5-6-19)14(13)16(26)24-17-22-7-12(20)27-17/h3-4,7,10-11,13-14H,5-6,8-9,21H2,1-2H3,(H,23,25)(H,22,24,26)/t10-,11+,13-,14-/m1/s1. The van der Waals surface area contributed by atoms with Gasteiger partial charge in [0.2, 0.25) is 11.8 Å². The summed E-state index contributed by atoms with van der Waals surface area (Å²) >= 11 is 4.74. The Bertz CT molecular complexity index is 801. The number of amides is 2. The molecule has 146 valence electrons. The Morgan fingerprint density at radius 2 is 1.93 bits per heavy atom. The van der Waals surface area contributed by atoms with E-state index < -0.39 is 0 Å². The summed E-state index contributed by atoms with van der Waals surface area (Å²) in [6.45, 7) is 5.07. The number of nitrogens with one attached hydrogen (secondary N) is 2. The molecule has 4 atom stereocenters. The van der Waals surface area contributed by atoms with Crippen LogP contribution in [0.1, 0.15) is 26.7 Å². The third kappa shape index (κ3) is 3.25. The first-order valence-electron chi connectivity index (χ1n) is 9.36. The molecule has 1 aromatic heterocycles. The molecule has 8 heteroatoms. The molecular formula is C19H25BrN4O2S. The monoisotopic (exact) mass is 452 g/mol. The number of carbonyl (C=O) groups excluding carboxylic acids is 2. The number of nitrogens with two attached hydrogens (primary N) is 1. The lowest BCUT2D eigenvalue weighted by Crippen LogP contribution is -2.45. The van der Waals surface area contributed by atoms with E-state index in [1.165, 1.54) is 11.3 Å². The molecule has 27 heavy (non-hydrogen) atoms. The fourth-order valence-corrected chi connectivity index (χ4v) is 5.84. The van der Waals surface area contributed by atoms with Gasteiger partial charge in [-0.15, -0.1) is 0 Å². The first kappa shape index (κ1) is 19.1. The highest BCUT2D eigenvalue weighted by Gasteiger charge is 2.69. The van der Waals surface area contributed by atoms with Crippen molar-refractivity contribution in [1.29, 1.82) is 0 Å². The van der Waals surface area contributed by atoms with Crippen molar-refractivity contribution in [2.75, 3.05) is 18.4 Å². The van der Waals surface area contributed by atoms with Crippen molar-refractivity contribution in [3.63, 3.8) is 0 Å². The van der Waals surface area contributed by atoms with Crippen molar-refractivity contribution in [1.82, 2.24) is 10.3 Å². The van der Waals surface area contributed by atoms with E-state index >= 15 is 0 Å². The van der Waals surface area contributed by atoms with Gasteiger partial charge in [0.15, 0.2) is 5.13 Å². The largest absolute Gasteiger partial charge is 0.355 e. The van der Waals surface area contributed by atoms with Crippen molar-refractivity contribution in [2.24, 2.45) is 40.2 Å². The lowest BCUT2D eigenvalue weighted by Gasteiger charge is -2.28. The zero-order chi connectivity index (χ0) is 19.4. The molecule has 3 aliphatic rings. The quantitative estimate of drug-likeness (QED) is 0.577. The molecule has 4 rings (SSSR count). The smallest absolute Gasteiger partial charge is 0.230 e. The SMILES string of the molecule is CC(C)(CN)CNC(=O)[C@H]1[C@H](C(=O)Nc2ncc(Br)s2)[C@@H]2C=C[C@H]1C21CC1. The molecule has 0 aliphatic heterocycles. The van der Waals surface area contributed by atoms with Crippen molar-refractivity contribution < 1.29 is 9.59 Å². The number of hydrogen-bond acceptors (Lipinski definition) is 5. The number of anilines is 1. The molecule has 0 radical (unpaired) electrons. The number of allylic oxidation sites excluding steroid dienone is 2. The van der Waals surface area contributed by atoms with Crippen LogP contribution < -0.4 is 16.4 Å². The molecular weight excluding hydrogens is 428 g/mol. The van der Waals surface area contributed by atoms with Crippen LogP contribution in [-0.4, -0.2) is 29.9 Å². The lowest BCUT2D eigenvalue weighted by molar-refractivity contribution is -0.133. The van der Waals surface area contributed by atoms with E-state index in [1.807, 2.05) is 13.8 Å². The number of thiazole rings is 1. The van der Waals surface area contributed by atoms with E-state index in [0.717, 1.165) is 16.6 Å². The minimum Gasteiger partial charge on any atom is -0.355 e. The average molecular weight is 453 g/mol. The molecule has 1 heterocycles. The van der Waals surface area contributed by atoms with Crippen LogP contribution in [0, 0.1) is 34.5 Å². The van der Waals surface area contributed by atoms with Crippen molar-refractivity contribution in [3.8, 4) is 0 Å². The number of rotatable bonds is 6. The Morgan fingerprint density at radius 1 is 1.30 bits per heavy atom. The van der Waals surface area contributed by atoms with E-state index in [0.29, 0.717) is 18.2 Å². The molecule has 6 nitrogen and oxygen atoms in total. The molecule has 3 aliphatic carbocycles. The Morgan fingerprint density at radius 3 is 2.44 bits per heavy atom. The Hall–Kier alpha value is -1.25. The first-order valence-corrected chi connectivity index (χ1v) is 11.0. The lowest BCUT2D eigenvalue weighted by atomic mass is 9.81. The van der Waals surface area contributed by atoms with Gasteiger partial charge in [0, 0.05) is 6.54 Å². The number of nitrogens with zero attached hydrogens (tertiary/aromatic N) is 1. The van der Waals surface area contributed by atoms with Gasteiger partial charge in [-0.3, -0.25) is 9.59 Å². The fraction of sp³-hybridized carbons (Fsp3) is 0.632. The second kappa shape index (κ2) is 6.67. The average Bonchev–Trinajstić information content (AvgIpc) is 3.13. The van der Waals surface area contributed by atoms with Crippen molar-refractivity contribution >= 4 is 44.2 Å². The maximum atomic E-state index is 13.1. The summed E-state index contributed by atoms with van der Waals surface area (Å²) in [7, 11) is 0. The molecule has 0 aromatic carbocycles. The number of aromatic nitrogens is 1. The Kier molecular flexibility index (Phi) is 4.71. The van der Waals surface area contributed by atoms with Gasteiger partial charge in [0.05, 0.1) is 21.8 Å². The van der Waals surface area contributed by atoms with Crippen LogP contribution in [-0.2, 0) is 9.59 Å². The van der Waals surface area contributed by atoms with Gasteiger partial charge in [-0.25, -0.2) is 4.98 Å². The molecule has 2 bridgehead atoms. The highest BCUT2D eigenvalue weighted by molar-refractivity contribution is 9.11. The fourth-order valence-electron chi connectivity index (χ4n) is 4.73. The molecule has 0 unspecified atom stereocenters. The van der Waals surface area contributed by atoms with Gasteiger partial charge in [-0.05, 0) is 58.0 Å². The van der Waals surface area contributed by atoms with E-state index in [-0.39, 0.29) is 46.3 Å². The van der Waals surface area contributed by atoms with Crippen LogP contribution in [0.25, 0.3) is 0 Å². The van der Waals surface area contributed by atoms with Crippen molar-refractivity contribution in [3.05, 3.63) is 22.1 Å². The first-order chi connectivity index (χ1) is 12.8. The van der Waals surface area contributed by atoms with E-state index in [2.05, 4.69) is 43.7 Å². The minimum absolute atomic E-state index is 0.0277. The summed E-state index contributed by atoms with van der Waals surface area (Å²) in [6.07, 6.45) is 8.19. The van der Waals surface area contributed by atoms with Gasteiger partial charge >= 0.3 is 0 Å². The van der Waals surface area contributed by atoms with E-state index in [1.54, 1.807) is 6.20 Å². The third-order valence-electron chi connectivity index (χ3n) is 6.45. The van der Waals surface area contributed by atoms with E-state index in [9.17, 15) is 9.59 Å². The number of carbonyl (C=O) groups is 2. The van der Waals surface area contributed by atoms with Gasteiger partial charge < -0.3 is 16.4 Å². The maximum Gasteiger partial charge on any atom is 0.230 e. The molecule has 2 saturated carbocycles. The molecule has 2 amide bonds. The summed E-state index contributed by atoms with van der Waals surface area (Å²) in [5.74, 6) is -0.490. The zero-order valence-corrected chi connectivity index (χ0v) is 17.9. The Balaban J connectivity index is 1.54. The molecule has 0 saturated heterocycles. The van der Waals surface area contributed by atoms with Gasteiger partial charge in [-0.2, -0.15) is 0 Å². The van der Waals surface area contributed by atoms with Crippen LogP contribution in [0.2, 0.25) is 0 Å². The van der Waals surface area contributed by atoms with Crippen LogP contribution in [0.5, 0.6) is 0 Å². The summed E-state index contributed by atoms with van der Waals surface area (Å²) in [5, 5.41) is 6.56. The minimum atomic E-state index is -0.342. The van der Waals surface area contributed by atoms with Gasteiger partial charge in [-0.1, -0.05) is 37.3 Å². The van der Waals surface area contributed by atoms with Crippen LogP contribution >= 0.6 is 27.3 Å². The molecule has 2 fully saturated rings. The molecule has 4 N–H and O–H groups in total. The predicted octanol–water partition coefficient (Wildman–Crippen LogP) is 2.77. The molecule has 1 aromatic rings. The highest BCUT2D eigenvalue weighted by atomic mass is 79.9. The predicted molar refractivity (Wildman–Crippen MR) is 109 cm³/mol.